The second-order valence-electron chi connectivity index (χ2n) is 9.44. The minimum absolute atomic E-state index is 0.0268. The van der Waals surface area contributed by atoms with Crippen molar-refractivity contribution < 1.29 is 43.5 Å². The summed E-state index contributed by atoms with van der Waals surface area (Å²) in [5.41, 5.74) is 3.42. The van der Waals surface area contributed by atoms with Gasteiger partial charge in [-0.3, -0.25) is 14.4 Å². The van der Waals surface area contributed by atoms with E-state index in [2.05, 4.69) is 0 Å². The summed E-state index contributed by atoms with van der Waals surface area (Å²) >= 11 is 0. The Morgan fingerprint density at radius 2 is 1.65 bits per heavy atom. The van der Waals surface area contributed by atoms with E-state index in [4.69, 9.17) is 24.1 Å². The van der Waals surface area contributed by atoms with Crippen molar-refractivity contribution in [2.24, 2.45) is 0 Å². The van der Waals surface area contributed by atoms with Gasteiger partial charge in [-0.05, 0) is 65.9 Å². The van der Waals surface area contributed by atoms with Crippen molar-refractivity contribution in [3.8, 4) is 34.1 Å². The first-order chi connectivity index (χ1) is 19.2. The first kappa shape index (κ1) is 28.3. The summed E-state index contributed by atoms with van der Waals surface area (Å²) in [7, 11) is 3.35. The highest BCUT2D eigenvalue weighted by Gasteiger charge is 2.18. The fourth-order valence-corrected chi connectivity index (χ4v) is 4.27. The van der Waals surface area contributed by atoms with Crippen LogP contribution in [0.1, 0.15) is 40.7 Å². The van der Waals surface area contributed by atoms with Gasteiger partial charge in [0.15, 0.2) is 11.5 Å². The second-order valence-corrected chi connectivity index (χ2v) is 9.44. The molecule has 1 aliphatic heterocycles. The maximum Gasteiger partial charge on any atom is 0.303 e. The van der Waals surface area contributed by atoms with Crippen LogP contribution in [0.5, 0.6) is 23.0 Å². The van der Waals surface area contributed by atoms with Gasteiger partial charge < -0.3 is 34.1 Å². The largest absolute Gasteiger partial charge is 0.493 e. The molecule has 0 radical (unpaired) electrons. The number of hydrogen-bond acceptors (Lipinski definition) is 7. The van der Waals surface area contributed by atoms with Crippen LogP contribution in [0.25, 0.3) is 11.1 Å². The summed E-state index contributed by atoms with van der Waals surface area (Å²) < 4.78 is 22.9. The van der Waals surface area contributed by atoms with Crippen molar-refractivity contribution in [2.45, 2.75) is 32.3 Å². The molecule has 0 aliphatic carbocycles. The molecule has 40 heavy (non-hydrogen) atoms. The molecule has 1 heterocycles. The Labute approximate surface area is 231 Å². The minimum atomic E-state index is -0.948. The molecule has 0 saturated heterocycles. The number of fused-ring (bicyclic) bond motifs is 1. The molecule has 0 unspecified atom stereocenters. The van der Waals surface area contributed by atoms with Gasteiger partial charge in [0.1, 0.15) is 18.1 Å². The zero-order valence-electron chi connectivity index (χ0n) is 22.3. The molecule has 0 atom stereocenters. The first-order valence-corrected chi connectivity index (χ1v) is 12.8. The highest BCUT2D eigenvalue weighted by atomic mass is 16.7. The highest BCUT2D eigenvalue weighted by molar-refractivity contribution is 5.95. The van der Waals surface area contributed by atoms with Crippen LogP contribution in [0.2, 0.25) is 0 Å². The lowest BCUT2D eigenvalue weighted by Crippen LogP contribution is -2.21. The average molecular weight is 550 g/mol. The third-order valence-electron chi connectivity index (χ3n) is 6.27. The van der Waals surface area contributed by atoms with E-state index in [0.29, 0.717) is 40.5 Å². The van der Waals surface area contributed by atoms with E-state index in [9.17, 15) is 19.5 Å². The molecule has 3 aromatic rings. The van der Waals surface area contributed by atoms with Gasteiger partial charge in [0.05, 0.1) is 6.61 Å². The van der Waals surface area contributed by atoms with Gasteiger partial charge in [-0.15, -0.1) is 0 Å². The zero-order valence-corrected chi connectivity index (χ0v) is 22.3. The molecule has 3 aromatic carbocycles. The Morgan fingerprint density at radius 3 is 2.40 bits per heavy atom. The molecule has 0 spiro atoms. The Bertz CT molecular complexity index is 1400. The Hall–Kier alpha value is -4.73. The Balaban J connectivity index is 1.61. The molecule has 4 rings (SSSR count). The van der Waals surface area contributed by atoms with E-state index >= 15 is 0 Å². The highest BCUT2D eigenvalue weighted by Crippen LogP contribution is 2.37. The minimum Gasteiger partial charge on any atom is -0.493 e. The number of benzene rings is 3. The van der Waals surface area contributed by atoms with E-state index in [-0.39, 0.29) is 45.2 Å². The van der Waals surface area contributed by atoms with Crippen molar-refractivity contribution in [1.29, 1.82) is 0 Å². The van der Waals surface area contributed by atoms with Crippen LogP contribution in [0.15, 0.2) is 54.6 Å². The summed E-state index contributed by atoms with van der Waals surface area (Å²) in [5, 5.41) is 18.2. The molecule has 10 nitrogen and oxygen atoms in total. The van der Waals surface area contributed by atoms with E-state index in [0.717, 1.165) is 16.7 Å². The third-order valence-corrected chi connectivity index (χ3v) is 6.27. The van der Waals surface area contributed by atoms with Crippen molar-refractivity contribution in [1.82, 2.24) is 4.90 Å². The van der Waals surface area contributed by atoms with Gasteiger partial charge in [-0.25, -0.2) is 0 Å². The number of aliphatic carboxylic acids is 2. The van der Waals surface area contributed by atoms with Crippen LogP contribution >= 0.6 is 0 Å². The fraction of sp³-hybridized carbons (Fsp3) is 0.300. The summed E-state index contributed by atoms with van der Waals surface area (Å²) in [4.78, 5) is 36.5. The maximum absolute atomic E-state index is 12.9. The third kappa shape index (κ3) is 7.22. The number of ether oxygens (including phenoxy) is 4. The Morgan fingerprint density at radius 1 is 0.875 bits per heavy atom. The molecule has 0 fully saturated rings. The molecule has 210 valence electrons. The second kappa shape index (κ2) is 12.9. The molecule has 10 heteroatoms. The van der Waals surface area contributed by atoms with Crippen molar-refractivity contribution in [3.63, 3.8) is 0 Å². The summed E-state index contributed by atoms with van der Waals surface area (Å²) in [6.07, 6.45) is 0.402. The van der Waals surface area contributed by atoms with Crippen molar-refractivity contribution >= 4 is 17.8 Å². The van der Waals surface area contributed by atoms with Crippen LogP contribution < -0.4 is 18.9 Å². The molecule has 0 saturated carbocycles. The number of hydrogen-bond donors (Lipinski definition) is 2. The number of carboxylic acid groups (broad SMARTS) is 2. The lowest BCUT2D eigenvalue weighted by atomic mass is 10.0. The average Bonchev–Trinajstić information content (AvgIpc) is 3.40. The molecule has 0 aromatic heterocycles. The topological polar surface area (TPSA) is 132 Å². The van der Waals surface area contributed by atoms with E-state index in [1.165, 1.54) is 4.90 Å². The predicted molar refractivity (Wildman–Crippen MR) is 145 cm³/mol. The smallest absolute Gasteiger partial charge is 0.303 e. The lowest BCUT2D eigenvalue weighted by Gasteiger charge is -2.17. The van der Waals surface area contributed by atoms with E-state index in [1.54, 1.807) is 38.4 Å². The van der Waals surface area contributed by atoms with E-state index < -0.39 is 11.9 Å². The van der Waals surface area contributed by atoms with Crippen LogP contribution in [0, 0.1) is 0 Å². The van der Waals surface area contributed by atoms with Gasteiger partial charge in [-0.1, -0.05) is 18.2 Å². The van der Waals surface area contributed by atoms with Gasteiger partial charge >= 0.3 is 11.9 Å². The van der Waals surface area contributed by atoms with Gasteiger partial charge in [0, 0.05) is 38.1 Å². The number of nitrogens with zero attached hydrogens (tertiary/aromatic N) is 1. The SMILES string of the molecule is CN(C)C(=O)c1cc(OCc2cccc(OCCCC(=O)O)c2CCC(=O)O)cc(-c2ccc3c(c2)OCO3)c1. The molecular weight excluding hydrogens is 518 g/mol. The number of rotatable bonds is 13. The van der Waals surface area contributed by atoms with Gasteiger partial charge in [-0.2, -0.15) is 0 Å². The predicted octanol–water partition coefficient (Wildman–Crippen LogP) is 4.62. The summed E-state index contributed by atoms with van der Waals surface area (Å²) in [5.74, 6) is 0.170. The van der Waals surface area contributed by atoms with Crippen LogP contribution in [0.4, 0.5) is 0 Å². The summed E-state index contributed by atoms with van der Waals surface area (Å²) in [6.45, 7) is 0.435. The molecule has 1 amide bonds. The number of carbonyl (C=O) groups excluding carboxylic acids is 1. The van der Waals surface area contributed by atoms with Gasteiger partial charge in [0.2, 0.25) is 6.79 Å². The Kier molecular flexibility index (Phi) is 9.11. The number of carboxylic acids is 2. The molecule has 0 bridgehead atoms. The van der Waals surface area contributed by atoms with Crippen LogP contribution in [0.3, 0.4) is 0 Å². The molecule has 2 N–H and O–H groups in total. The van der Waals surface area contributed by atoms with Crippen molar-refractivity contribution in [3.05, 3.63) is 71.3 Å². The summed E-state index contributed by atoms with van der Waals surface area (Å²) in [6, 6.07) is 16.2. The quantitative estimate of drug-likeness (QED) is 0.293. The zero-order chi connectivity index (χ0) is 28.6. The maximum atomic E-state index is 12.9. The standard InChI is InChI=1S/C30H31NO9/c1-31(2)30(36)22-13-21(19-8-10-26-27(16-19)40-18-39-26)14-23(15-22)38-17-20-5-3-6-25(24(20)9-11-29(34)35)37-12-4-7-28(32)33/h3,5-6,8,10,13-16H,4,7,9,11-12,17-18H2,1-2H3,(H,32,33)(H,34,35). The normalized spacial score (nSPS) is 11.7. The van der Waals surface area contributed by atoms with Crippen molar-refractivity contribution in [2.75, 3.05) is 27.5 Å². The first-order valence-electron chi connectivity index (χ1n) is 12.8. The number of amides is 1. The monoisotopic (exact) mass is 549 g/mol. The van der Waals surface area contributed by atoms with E-state index in [1.807, 2.05) is 30.3 Å². The molecular formula is C30H31NO9. The van der Waals surface area contributed by atoms with Crippen LogP contribution in [-0.2, 0) is 22.6 Å². The number of carbonyl (C=O) groups is 3. The fourth-order valence-electron chi connectivity index (χ4n) is 4.27. The lowest BCUT2D eigenvalue weighted by molar-refractivity contribution is -0.138. The van der Waals surface area contributed by atoms with Crippen LogP contribution in [-0.4, -0.2) is 60.5 Å². The van der Waals surface area contributed by atoms with Gasteiger partial charge in [0.25, 0.3) is 5.91 Å². The molecule has 1 aliphatic rings.